The molecule has 2 aromatic carbocycles. The molecular weight excluding hydrogens is 428 g/mol. The Morgan fingerprint density at radius 2 is 1.61 bits per heavy atom. The Labute approximate surface area is 186 Å². The Hall–Kier alpha value is -4.40. The van der Waals surface area contributed by atoms with Crippen LogP contribution in [-0.4, -0.2) is 40.2 Å². The number of carbonyl (C=O) groups is 2. The molecule has 0 aromatic heterocycles. The maximum absolute atomic E-state index is 13.0. The first-order chi connectivity index (χ1) is 15.8. The van der Waals surface area contributed by atoms with Gasteiger partial charge in [-0.3, -0.25) is 9.59 Å². The molecule has 0 unspecified atom stereocenters. The van der Waals surface area contributed by atoms with Crippen LogP contribution in [0.15, 0.2) is 56.5 Å². The Kier molecular flexibility index (Phi) is 5.47. The highest BCUT2D eigenvalue weighted by atomic mass is 16.4. The van der Waals surface area contributed by atoms with E-state index in [2.05, 4.69) is 9.88 Å². The number of aromatic carboxylic acids is 2. The number of aromatic amines is 1. The van der Waals surface area contributed by atoms with Gasteiger partial charge >= 0.3 is 11.9 Å². The molecule has 1 aliphatic heterocycles. The minimum Gasteiger partial charge on any atom is -0.478 e. The lowest BCUT2D eigenvalue weighted by atomic mass is 9.97. The molecule has 0 spiro atoms. The Morgan fingerprint density at radius 3 is 2.18 bits per heavy atom. The number of nitrogens with one attached hydrogen (secondary N) is 1. The maximum Gasteiger partial charge on any atom is 0.338 e. The first kappa shape index (κ1) is 21.8. The van der Waals surface area contributed by atoms with Gasteiger partial charge < -0.3 is 24.5 Å². The SMILES string of the molecule is CCN(CC)c1ccc2[nH]c3c(C(=O)O)c(-c4ccc(C(=O)O)cc4)c(=O)c(=O)c=3oc2c1. The Bertz CT molecular complexity index is 1580. The molecule has 0 fully saturated rings. The summed E-state index contributed by atoms with van der Waals surface area (Å²) in [5.74, 6) is -2.60. The minimum absolute atomic E-state index is 0.0391. The molecule has 1 aliphatic carbocycles. The second kappa shape index (κ2) is 8.27. The van der Waals surface area contributed by atoms with E-state index in [4.69, 9.17) is 9.52 Å². The summed E-state index contributed by atoms with van der Waals surface area (Å²) in [5.41, 5.74) is -1.48. The third-order valence-electron chi connectivity index (χ3n) is 5.57. The van der Waals surface area contributed by atoms with E-state index in [9.17, 15) is 24.3 Å². The molecule has 1 heterocycles. The third-order valence-corrected chi connectivity index (χ3v) is 5.57. The number of hydrogen-bond acceptors (Lipinski definition) is 6. The Balaban J connectivity index is 2.08. The van der Waals surface area contributed by atoms with Crippen LogP contribution in [-0.2, 0) is 0 Å². The highest BCUT2D eigenvalue weighted by Crippen LogP contribution is 2.25. The fourth-order valence-electron chi connectivity index (χ4n) is 3.90. The molecule has 2 aromatic rings. The van der Waals surface area contributed by atoms with Gasteiger partial charge in [-0.1, -0.05) is 12.1 Å². The van der Waals surface area contributed by atoms with E-state index in [1.54, 1.807) is 12.1 Å². The van der Waals surface area contributed by atoms with E-state index in [0.29, 0.717) is 11.1 Å². The summed E-state index contributed by atoms with van der Waals surface area (Å²) in [6, 6.07) is 10.4. The average Bonchev–Trinajstić information content (AvgIpc) is 2.81. The summed E-state index contributed by atoms with van der Waals surface area (Å²) in [7, 11) is 0. The van der Waals surface area contributed by atoms with Crippen molar-refractivity contribution in [2.75, 3.05) is 18.0 Å². The summed E-state index contributed by atoms with van der Waals surface area (Å²) in [5, 5.41) is 18.9. The molecule has 0 atom stereocenters. The van der Waals surface area contributed by atoms with Crippen molar-refractivity contribution in [1.29, 1.82) is 0 Å². The first-order valence-electron chi connectivity index (χ1n) is 10.3. The van der Waals surface area contributed by atoms with E-state index >= 15 is 0 Å². The lowest BCUT2D eigenvalue weighted by Crippen LogP contribution is -2.30. The standard InChI is InChI=1S/C24H20N2O7/c1-3-26(4-2)14-9-10-15-16(11-14)33-22-19(25-15)18(24(31)32)17(20(27)21(22)28)12-5-7-13(8-6-12)23(29)30/h5-11,25H,3-4H2,1-2H3,(H,29,30)(H,31,32). The van der Waals surface area contributed by atoms with Crippen molar-refractivity contribution in [2.24, 2.45) is 0 Å². The van der Waals surface area contributed by atoms with Gasteiger partial charge in [0.05, 0.1) is 22.2 Å². The van der Waals surface area contributed by atoms with Crippen molar-refractivity contribution in [3.8, 4) is 11.1 Å². The van der Waals surface area contributed by atoms with E-state index in [-0.39, 0.29) is 27.5 Å². The lowest BCUT2D eigenvalue weighted by Gasteiger charge is -2.21. The summed E-state index contributed by atoms with van der Waals surface area (Å²) in [6.07, 6.45) is 0. The van der Waals surface area contributed by atoms with Crippen molar-refractivity contribution in [3.05, 3.63) is 84.8 Å². The van der Waals surface area contributed by atoms with E-state index < -0.39 is 28.4 Å². The van der Waals surface area contributed by atoms with Crippen LogP contribution >= 0.6 is 0 Å². The molecule has 9 nitrogen and oxygen atoms in total. The number of carboxylic acid groups (broad SMARTS) is 2. The molecule has 0 saturated carbocycles. The normalized spacial score (nSPS) is 11.1. The number of benzene rings is 2. The summed E-state index contributed by atoms with van der Waals surface area (Å²) in [4.78, 5) is 54.2. The molecule has 33 heavy (non-hydrogen) atoms. The van der Waals surface area contributed by atoms with Crippen LogP contribution in [0.25, 0.3) is 22.2 Å². The number of aromatic nitrogens is 1. The summed E-state index contributed by atoms with van der Waals surface area (Å²) < 4.78 is 5.76. The molecule has 3 N–H and O–H groups in total. The second-order valence-corrected chi connectivity index (χ2v) is 7.38. The van der Waals surface area contributed by atoms with Gasteiger partial charge in [0, 0.05) is 24.8 Å². The lowest BCUT2D eigenvalue weighted by molar-refractivity contribution is 0.0685. The number of rotatable bonds is 6. The first-order valence-corrected chi connectivity index (χ1v) is 10.3. The topological polar surface area (TPSA) is 141 Å². The number of H-pyrrole nitrogens is 1. The van der Waals surface area contributed by atoms with Gasteiger partial charge in [-0.25, -0.2) is 9.59 Å². The predicted molar refractivity (Wildman–Crippen MR) is 121 cm³/mol. The molecule has 0 bridgehead atoms. The molecule has 9 heteroatoms. The van der Waals surface area contributed by atoms with Gasteiger partial charge in [0.15, 0.2) is 5.58 Å². The smallest absolute Gasteiger partial charge is 0.338 e. The van der Waals surface area contributed by atoms with Gasteiger partial charge in [0.1, 0.15) is 5.35 Å². The number of fused-ring (bicyclic) bond motifs is 1. The van der Waals surface area contributed by atoms with E-state index in [1.807, 2.05) is 19.9 Å². The van der Waals surface area contributed by atoms with Crippen LogP contribution < -0.4 is 15.8 Å². The second-order valence-electron chi connectivity index (χ2n) is 7.38. The molecule has 0 amide bonds. The molecular formula is C24H20N2O7. The largest absolute Gasteiger partial charge is 0.478 e. The fraction of sp³-hybridized carbons (Fsp3) is 0.167. The highest BCUT2D eigenvalue weighted by molar-refractivity contribution is 5.96. The van der Waals surface area contributed by atoms with Crippen molar-refractivity contribution < 1.29 is 24.2 Å². The van der Waals surface area contributed by atoms with E-state index in [0.717, 1.165) is 18.8 Å². The van der Waals surface area contributed by atoms with Gasteiger partial charge in [-0.15, -0.1) is 0 Å². The van der Waals surface area contributed by atoms with Crippen LogP contribution in [0.5, 0.6) is 0 Å². The van der Waals surface area contributed by atoms with Gasteiger partial charge in [-0.05, 0) is 43.7 Å². The van der Waals surface area contributed by atoms with Crippen molar-refractivity contribution in [1.82, 2.24) is 4.98 Å². The van der Waals surface area contributed by atoms with Crippen LogP contribution in [0, 0.1) is 10.8 Å². The van der Waals surface area contributed by atoms with E-state index in [1.165, 1.54) is 24.3 Å². The van der Waals surface area contributed by atoms with Gasteiger partial charge in [0.25, 0.3) is 5.43 Å². The van der Waals surface area contributed by atoms with Crippen molar-refractivity contribution in [3.63, 3.8) is 0 Å². The Morgan fingerprint density at radius 1 is 0.939 bits per heavy atom. The molecule has 0 radical (unpaired) electrons. The maximum atomic E-state index is 13.0. The number of hydrogen-bond donors (Lipinski definition) is 3. The van der Waals surface area contributed by atoms with Crippen molar-refractivity contribution in [2.45, 2.75) is 13.8 Å². The predicted octanol–water partition coefficient (Wildman–Crippen LogP) is 3.12. The number of nitrogens with zero attached hydrogens (tertiary/aromatic N) is 1. The zero-order chi connectivity index (χ0) is 23.9. The highest BCUT2D eigenvalue weighted by Gasteiger charge is 2.23. The zero-order valence-electron chi connectivity index (χ0n) is 17.8. The minimum atomic E-state index is -1.43. The molecule has 168 valence electrons. The molecule has 0 saturated heterocycles. The zero-order valence-corrected chi connectivity index (χ0v) is 17.8. The van der Waals surface area contributed by atoms with Crippen molar-refractivity contribution >= 4 is 28.7 Å². The van der Waals surface area contributed by atoms with Crippen LogP contribution in [0.1, 0.15) is 34.6 Å². The monoisotopic (exact) mass is 448 g/mol. The number of carboxylic acids is 2. The fourth-order valence-corrected chi connectivity index (χ4v) is 3.90. The molecule has 2 aliphatic rings. The van der Waals surface area contributed by atoms with Crippen LogP contribution in [0.3, 0.4) is 0 Å². The van der Waals surface area contributed by atoms with Gasteiger partial charge in [0.2, 0.25) is 10.8 Å². The number of anilines is 1. The third kappa shape index (κ3) is 3.63. The average molecular weight is 448 g/mol. The quantitative estimate of drug-likeness (QED) is 0.382. The summed E-state index contributed by atoms with van der Waals surface area (Å²) in [6.45, 7) is 5.51. The van der Waals surface area contributed by atoms with Crippen LogP contribution in [0.4, 0.5) is 5.69 Å². The summed E-state index contributed by atoms with van der Waals surface area (Å²) >= 11 is 0. The molecule has 4 rings (SSSR count). The van der Waals surface area contributed by atoms with Crippen LogP contribution in [0.2, 0.25) is 0 Å². The van der Waals surface area contributed by atoms with Gasteiger partial charge in [-0.2, -0.15) is 0 Å².